The van der Waals surface area contributed by atoms with Crippen LogP contribution in [0.25, 0.3) is 10.9 Å². The lowest BCUT2D eigenvalue weighted by Crippen LogP contribution is -2.26. The average molecular weight is 272 g/mol. The van der Waals surface area contributed by atoms with Crippen LogP contribution in [0.5, 0.6) is 0 Å². The molecule has 20 heavy (non-hydrogen) atoms. The first-order valence-electron chi connectivity index (χ1n) is 6.68. The fourth-order valence-corrected chi connectivity index (χ4v) is 2.31. The number of anilines is 1. The third-order valence-electron chi connectivity index (χ3n) is 3.40. The third-order valence-corrected chi connectivity index (χ3v) is 3.40. The molecule has 0 amide bonds. The van der Waals surface area contributed by atoms with Crippen molar-refractivity contribution in [2.24, 2.45) is 0 Å². The van der Waals surface area contributed by atoms with Gasteiger partial charge in [-0.1, -0.05) is 18.2 Å². The van der Waals surface area contributed by atoms with Crippen LogP contribution in [-0.2, 0) is 9.47 Å². The number of nitrogen functional groups attached to an aromatic ring is 1. The summed E-state index contributed by atoms with van der Waals surface area (Å²) in [7, 11) is 0. The molecule has 0 unspecified atom stereocenters. The Morgan fingerprint density at radius 3 is 2.85 bits per heavy atom. The molecule has 1 saturated heterocycles. The molecule has 5 heteroatoms. The van der Waals surface area contributed by atoms with Crippen LogP contribution in [0.2, 0.25) is 0 Å². The molecule has 0 atom stereocenters. The summed E-state index contributed by atoms with van der Waals surface area (Å²) in [6.45, 7) is 1.26. The Labute approximate surface area is 116 Å². The van der Waals surface area contributed by atoms with Crippen molar-refractivity contribution in [2.45, 2.75) is 18.9 Å². The maximum absolute atomic E-state index is 12.1. The summed E-state index contributed by atoms with van der Waals surface area (Å²) in [5.41, 5.74) is 7.45. The monoisotopic (exact) mass is 272 g/mol. The van der Waals surface area contributed by atoms with E-state index in [9.17, 15) is 4.79 Å². The highest BCUT2D eigenvalue weighted by Crippen LogP contribution is 2.21. The topological polar surface area (TPSA) is 74.4 Å². The molecule has 3 rings (SSSR count). The molecule has 0 bridgehead atoms. The van der Waals surface area contributed by atoms with E-state index in [1.165, 1.54) is 0 Å². The third kappa shape index (κ3) is 2.58. The largest absolute Gasteiger partial charge is 0.457 e. The minimum atomic E-state index is -0.422. The molecule has 2 heterocycles. The van der Waals surface area contributed by atoms with E-state index in [1.807, 2.05) is 24.3 Å². The molecule has 0 radical (unpaired) electrons. The number of hydrogen-bond acceptors (Lipinski definition) is 5. The zero-order valence-corrected chi connectivity index (χ0v) is 11.0. The van der Waals surface area contributed by atoms with Gasteiger partial charge in [0, 0.05) is 23.9 Å². The average Bonchev–Trinajstić information content (AvgIpc) is 2.48. The summed E-state index contributed by atoms with van der Waals surface area (Å²) in [6.07, 6.45) is 1.37. The molecule has 1 aliphatic rings. The van der Waals surface area contributed by atoms with Crippen LogP contribution < -0.4 is 5.73 Å². The molecule has 1 aromatic heterocycles. The van der Waals surface area contributed by atoms with E-state index in [-0.39, 0.29) is 11.8 Å². The lowest BCUT2D eigenvalue weighted by Gasteiger charge is -2.22. The summed E-state index contributed by atoms with van der Waals surface area (Å²) in [5, 5.41) is 0.843. The SMILES string of the molecule is Nc1cc(C(=O)OC2CCOCC2)nc2ccccc12. The second-order valence-electron chi connectivity index (χ2n) is 4.83. The quantitative estimate of drug-likeness (QED) is 0.848. The Balaban J connectivity index is 1.84. The second-order valence-corrected chi connectivity index (χ2v) is 4.83. The molecule has 0 aliphatic carbocycles. The van der Waals surface area contributed by atoms with Gasteiger partial charge in [-0.2, -0.15) is 0 Å². The number of pyridine rings is 1. The number of aromatic nitrogens is 1. The number of carbonyl (C=O) groups excluding carboxylic acids is 1. The molecule has 0 spiro atoms. The Kier molecular flexibility index (Phi) is 3.52. The number of hydrogen-bond donors (Lipinski definition) is 1. The van der Waals surface area contributed by atoms with E-state index in [0.29, 0.717) is 24.4 Å². The molecule has 2 N–H and O–H groups in total. The van der Waals surface area contributed by atoms with Gasteiger partial charge in [-0.25, -0.2) is 9.78 Å². The van der Waals surface area contributed by atoms with Crippen molar-refractivity contribution in [3.8, 4) is 0 Å². The van der Waals surface area contributed by atoms with Crippen molar-refractivity contribution < 1.29 is 14.3 Å². The zero-order valence-electron chi connectivity index (χ0n) is 11.0. The predicted molar refractivity (Wildman–Crippen MR) is 75.4 cm³/mol. The highest BCUT2D eigenvalue weighted by Gasteiger charge is 2.20. The number of rotatable bonds is 2. The van der Waals surface area contributed by atoms with E-state index in [0.717, 1.165) is 18.2 Å². The van der Waals surface area contributed by atoms with Crippen molar-refractivity contribution in [2.75, 3.05) is 18.9 Å². The summed E-state index contributed by atoms with van der Waals surface area (Å²) >= 11 is 0. The van der Waals surface area contributed by atoms with Crippen molar-refractivity contribution in [1.82, 2.24) is 4.98 Å². The van der Waals surface area contributed by atoms with Gasteiger partial charge < -0.3 is 15.2 Å². The first-order valence-corrected chi connectivity index (χ1v) is 6.68. The molecular weight excluding hydrogens is 256 g/mol. The van der Waals surface area contributed by atoms with Crippen LogP contribution in [0.1, 0.15) is 23.3 Å². The van der Waals surface area contributed by atoms with Crippen LogP contribution in [0.15, 0.2) is 30.3 Å². The molecular formula is C15H16N2O3. The van der Waals surface area contributed by atoms with E-state index in [2.05, 4.69) is 4.98 Å². The van der Waals surface area contributed by atoms with Crippen molar-refractivity contribution in [3.05, 3.63) is 36.0 Å². The number of fused-ring (bicyclic) bond motifs is 1. The number of carbonyl (C=O) groups is 1. The Morgan fingerprint density at radius 1 is 1.30 bits per heavy atom. The summed E-state index contributed by atoms with van der Waals surface area (Å²) in [5.74, 6) is -0.422. The van der Waals surface area contributed by atoms with Crippen LogP contribution in [0, 0.1) is 0 Å². The second kappa shape index (κ2) is 5.46. The number of benzene rings is 1. The number of esters is 1. The molecule has 0 saturated carbocycles. The predicted octanol–water partition coefficient (Wildman–Crippen LogP) is 2.15. The molecule has 1 aliphatic heterocycles. The van der Waals surface area contributed by atoms with Crippen molar-refractivity contribution >= 4 is 22.6 Å². The standard InChI is InChI=1S/C15H16N2O3/c16-12-9-14(17-13-4-2-1-3-11(12)13)15(18)20-10-5-7-19-8-6-10/h1-4,9-10H,5-8H2,(H2,16,17). The van der Waals surface area contributed by atoms with Crippen LogP contribution in [0.4, 0.5) is 5.69 Å². The number of para-hydroxylation sites is 1. The number of nitrogens with zero attached hydrogens (tertiary/aromatic N) is 1. The maximum atomic E-state index is 12.1. The van der Waals surface area contributed by atoms with Gasteiger partial charge in [0.15, 0.2) is 5.69 Å². The van der Waals surface area contributed by atoms with Crippen LogP contribution in [0.3, 0.4) is 0 Å². The molecule has 5 nitrogen and oxygen atoms in total. The van der Waals surface area contributed by atoms with Crippen molar-refractivity contribution in [1.29, 1.82) is 0 Å². The lowest BCUT2D eigenvalue weighted by atomic mass is 10.1. The van der Waals surface area contributed by atoms with Gasteiger partial charge in [-0.05, 0) is 12.1 Å². The zero-order chi connectivity index (χ0) is 13.9. The molecule has 1 aromatic carbocycles. The maximum Gasteiger partial charge on any atom is 0.357 e. The van der Waals surface area contributed by atoms with E-state index in [1.54, 1.807) is 6.07 Å². The number of ether oxygens (including phenoxy) is 2. The van der Waals surface area contributed by atoms with E-state index >= 15 is 0 Å². The van der Waals surface area contributed by atoms with Gasteiger partial charge in [-0.15, -0.1) is 0 Å². The van der Waals surface area contributed by atoms with Gasteiger partial charge >= 0.3 is 5.97 Å². The summed E-state index contributed by atoms with van der Waals surface area (Å²) in [6, 6.07) is 9.04. The number of nitrogens with two attached hydrogens (primary N) is 1. The van der Waals surface area contributed by atoms with Crippen LogP contribution >= 0.6 is 0 Å². The van der Waals surface area contributed by atoms with Gasteiger partial charge in [0.05, 0.1) is 18.7 Å². The molecule has 104 valence electrons. The van der Waals surface area contributed by atoms with Gasteiger partial charge in [0.1, 0.15) is 6.10 Å². The minimum absolute atomic E-state index is 0.0919. The fourth-order valence-electron chi connectivity index (χ4n) is 2.31. The van der Waals surface area contributed by atoms with Gasteiger partial charge in [0.25, 0.3) is 0 Å². The Bertz CT molecular complexity index is 636. The highest BCUT2D eigenvalue weighted by atomic mass is 16.6. The molecule has 2 aromatic rings. The first kappa shape index (κ1) is 12.9. The van der Waals surface area contributed by atoms with Gasteiger partial charge in [0.2, 0.25) is 0 Å². The molecule has 1 fully saturated rings. The van der Waals surface area contributed by atoms with Crippen LogP contribution in [-0.4, -0.2) is 30.3 Å². The Hall–Kier alpha value is -2.14. The Morgan fingerprint density at radius 2 is 2.05 bits per heavy atom. The van der Waals surface area contributed by atoms with Crippen molar-refractivity contribution in [3.63, 3.8) is 0 Å². The fraction of sp³-hybridized carbons (Fsp3) is 0.333. The van der Waals surface area contributed by atoms with E-state index < -0.39 is 5.97 Å². The summed E-state index contributed by atoms with van der Waals surface area (Å²) in [4.78, 5) is 16.4. The normalized spacial score (nSPS) is 16.2. The van der Waals surface area contributed by atoms with Gasteiger partial charge in [-0.3, -0.25) is 0 Å². The first-order chi connectivity index (χ1) is 9.74. The summed E-state index contributed by atoms with van der Waals surface area (Å²) < 4.78 is 10.7. The minimum Gasteiger partial charge on any atom is -0.457 e. The lowest BCUT2D eigenvalue weighted by molar-refractivity contribution is -0.0163. The smallest absolute Gasteiger partial charge is 0.357 e. The van der Waals surface area contributed by atoms with E-state index in [4.69, 9.17) is 15.2 Å². The highest BCUT2D eigenvalue weighted by molar-refractivity contribution is 5.96.